The molecule has 1 aliphatic carbocycles. The average Bonchev–Trinajstić information content (AvgIpc) is 3.70. The lowest BCUT2D eigenvalue weighted by atomic mass is 9.35. The Morgan fingerprint density at radius 1 is 0.444 bits per heavy atom. The summed E-state index contributed by atoms with van der Waals surface area (Å²) in [5.74, 6) is 3.46. The molecule has 5 heteroatoms. The molecule has 54 heavy (non-hydrogen) atoms. The van der Waals surface area contributed by atoms with Crippen molar-refractivity contribution >= 4 is 56.7 Å². The number of hydrogen-bond donors (Lipinski definition) is 0. The van der Waals surface area contributed by atoms with Crippen LogP contribution >= 0.6 is 11.8 Å². The topological polar surface area (TPSA) is 23.4 Å². The highest BCUT2D eigenvalue weighted by atomic mass is 32.2. The highest BCUT2D eigenvalue weighted by Gasteiger charge is 2.50. The van der Waals surface area contributed by atoms with Crippen molar-refractivity contribution in [1.82, 2.24) is 4.57 Å². The van der Waals surface area contributed by atoms with Crippen LogP contribution in [0.2, 0.25) is 0 Å². The molecule has 0 fully saturated rings. The van der Waals surface area contributed by atoms with Gasteiger partial charge in [-0.25, -0.2) is 0 Å². The first-order valence-electron chi connectivity index (χ1n) is 18.5. The van der Waals surface area contributed by atoms with E-state index in [0.717, 1.165) is 45.2 Å². The molecular weight excluding hydrogens is 677 g/mol. The number of aromatic nitrogens is 1. The van der Waals surface area contributed by atoms with Gasteiger partial charge in [0.1, 0.15) is 23.0 Å². The maximum absolute atomic E-state index is 6.77. The van der Waals surface area contributed by atoms with Crippen molar-refractivity contribution in [3.63, 3.8) is 0 Å². The van der Waals surface area contributed by atoms with Crippen molar-refractivity contribution in [3.8, 4) is 39.8 Å². The quantitative estimate of drug-likeness (QED) is 0.159. The minimum absolute atomic E-state index is 0.0347. The van der Waals surface area contributed by atoms with Gasteiger partial charge in [-0.1, -0.05) is 127 Å². The molecule has 0 unspecified atom stereocenters. The fraction of sp³-hybridized carbons (Fsp3) is 0.0204. The summed E-state index contributed by atoms with van der Waals surface area (Å²) < 4.78 is 16.0. The first kappa shape index (κ1) is 29.1. The predicted molar refractivity (Wildman–Crippen MR) is 220 cm³/mol. The molecule has 0 bridgehead atoms. The van der Waals surface area contributed by atoms with E-state index in [2.05, 4.69) is 174 Å². The lowest BCUT2D eigenvalue weighted by Gasteiger charge is -2.39. The van der Waals surface area contributed by atoms with Crippen molar-refractivity contribution in [2.75, 3.05) is 0 Å². The zero-order valence-electron chi connectivity index (χ0n) is 28.9. The number of hydrogen-bond acceptors (Lipinski definition) is 3. The second-order valence-electron chi connectivity index (χ2n) is 14.7. The summed E-state index contributed by atoms with van der Waals surface area (Å²) in [4.78, 5) is 2.62. The zero-order valence-corrected chi connectivity index (χ0v) is 29.7. The molecule has 1 spiro atoms. The summed E-state index contributed by atoms with van der Waals surface area (Å²) in [6, 6.07) is 62.1. The molecule has 13 rings (SSSR count). The fourth-order valence-corrected chi connectivity index (χ4v) is 11.3. The van der Waals surface area contributed by atoms with E-state index in [0.29, 0.717) is 0 Å². The predicted octanol–water partition coefficient (Wildman–Crippen LogP) is 10.3. The second kappa shape index (κ2) is 10.4. The van der Waals surface area contributed by atoms with Crippen molar-refractivity contribution in [2.24, 2.45) is 0 Å². The molecule has 0 radical (unpaired) electrons. The van der Waals surface area contributed by atoms with Crippen LogP contribution in [0.4, 0.5) is 0 Å². The lowest BCUT2D eigenvalue weighted by Crippen LogP contribution is -2.57. The third kappa shape index (κ3) is 3.56. The first-order chi connectivity index (χ1) is 26.8. The van der Waals surface area contributed by atoms with Gasteiger partial charge in [-0.3, -0.25) is 0 Å². The molecule has 9 aromatic rings. The van der Waals surface area contributed by atoms with E-state index < -0.39 is 5.41 Å². The Kier molecular flexibility index (Phi) is 5.59. The van der Waals surface area contributed by atoms with Crippen LogP contribution in [0, 0.1) is 0 Å². The fourth-order valence-electron chi connectivity index (χ4n) is 10.1. The molecule has 1 aromatic heterocycles. The molecule has 0 N–H and O–H groups in total. The van der Waals surface area contributed by atoms with Gasteiger partial charge in [0, 0.05) is 38.2 Å². The third-order valence-corrected chi connectivity index (χ3v) is 13.3. The van der Waals surface area contributed by atoms with Crippen LogP contribution in [0.5, 0.6) is 23.0 Å². The van der Waals surface area contributed by atoms with Crippen LogP contribution in [0.25, 0.3) is 38.6 Å². The maximum Gasteiger partial charge on any atom is 0.260 e. The summed E-state index contributed by atoms with van der Waals surface area (Å²) in [6.45, 7) is 0.0347. The molecular formula is C49H28BNO2S. The van der Waals surface area contributed by atoms with Crippen LogP contribution in [0.1, 0.15) is 22.3 Å². The normalized spacial score (nSPS) is 14.6. The van der Waals surface area contributed by atoms with E-state index in [-0.39, 0.29) is 6.71 Å². The van der Waals surface area contributed by atoms with E-state index in [1.54, 1.807) is 0 Å². The van der Waals surface area contributed by atoms with Gasteiger partial charge in [0.2, 0.25) is 0 Å². The molecule has 0 atom stereocenters. The molecule has 0 saturated carbocycles. The Morgan fingerprint density at radius 3 is 1.72 bits per heavy atom. The van der Waals surface area contributed by atoms with Gasteiger partial charge in [0.15, 0.2) is 0 Å². The largest absolute Gasteiger partial charge is 0.458 e. The highest BCUT2D eigenvalue weighted by Crippen LogP contribution is 2.62. The molecule has 3 aliphatic heterocycles. The Morgan fingerprint density at radius 2 is 1.02 bits per heavy atom. The first-order valence-corrected chi connectivity index (χ1v) is 19.4. The van der Waals surface area contributed by atoms with Crippen LogP contribution in [-0.4, -0.2) is 11.3 Å². The number of para-hydroxylation sites is 3. The van der Waals surface area contributed by atoms with E-state index in [1.807, 2.05) is 11.8 Å². The number of nitrogens with zero attached hydrogens (tertiary/aromatic N) is 1. The maximum atomic E-state index is 6.77. The smallest absolute Gasteiger partial charge is 0.260 e. The molecule has 0 saturated heterocycles. The van der Waals surface area contributed by atoms with Gasteiger partial charge >= 0.3 is 0 Å². The minimum atomic E-state index is -0.435. The number of ether oxygens (including phenoxy) is 2. The van der Waals surface area contributed by atoms with E-state index >= 15 is 0 Å². The van der Waals surface area contributed by atoms with E-state index in [4.69, 9.17) is 9.47 Å². The summed E-state index contributed by atoms with van der Waals surface area (Å²) in [5.41, 5.74) is 14.2. The van der Waals surface area contributed by atoms with Crippen LogP contribution < -0.4 is 25.9 Å². The van der Waals surface area contributed by atoms with Crippen molar-refractivity contribution in [3.05, 3.63) is 192 Å². The summed E-state index contributed by atoms with van der Waals surface area (Å²) in [7, 11) is 0. The standard InChI is InChI=1S/C49H28BNO2S/c1-3-15-34-30(13-1)32-28-41-33(27-37(32)49(34)35-16-4-11-23-46(35)54-47-24-12-5-17-36(47)49)31-14-2-8-20-40(31)51(41)29-25-44-48-45(26-29)53-43-22-10-7-19-39(43)50(48)38-18-6-9-21-42(38)52-44/h1-28H. The Labute approximate surface area is 316 Å². The van der Waals surface area contributed by atoms with Crippen LogP contribution in [-0.2, 0) is 5.41 Å². The summed E-state index contributed by atoms with van der Waals surface area (Å²) in [6.07, 6.45) is 0. The van der Waals surface area contributed by atoms with Crippen molar-refractivity contribution in [2.45, 2.75) is 15.2 Å². The van der Waals surface area contributed by atoms with Gasteiger partial charge in [0.25, 0.3) is 6.71 Å². The summed E-state index contributed by atoms with van der Waals surface area (Å²) >= 11 is 1.88. The molecule has 4 aliphatic rings. The lowest BCUT2D eigenvalue weighted by molar-refractivity contribution is 0.464. The molecule has 4 heterocycles. The van der Waals surface area contributed by atoms with Gasteiger partial charge in [-0.2, -0.15) is 0 Å². The van der Waals surface area contributed by atoms with Crippen molar-refractivity contribution in [1.29, 1.82) is 0 Å². The number of benzene rings is 8. The Balaban J connectivity index is 1.11. The SMILES string of the molecule is c1ccc2c(c1)Oc1cc(-n3c4ccccc4c4cc5c(cc43)-c3ccccc3C53c4ccccc4Sc4ccccc43)cc3c1B2c1ccccc1O3. The average molecular weight is 706 g/mol. The Hall–Kier alpha value is -6.43. The molecule has 3 nitrogen and oxygen atoms in total. The Bertz CT molecular complexity index is 3010. The van der Waals surface area contributed by atoms with Crippen LogP contribution in [0.3, 0.4) is 0 Å². The molecule has 8 aromatic carbocycles. The van der Waals surface area contributed by atoms with Crippen molar-refractivity contribution < 1.29 is 9.47 Å². The highest BCUT2D eigenvalue weighted by molar-refractivity contribution is 7.99. The van der Waals surface area contributed by atoms with Gasteiger partial charge in [0.05, 0.1) is 22.1 Å². The molecule has 0 amide bonds. The van der Waals surface area contributed by atoms with E-state index in [9.17, 15) is 0 Å². The minimum Gasteiger partial charge on any atom is -0.458 e. The van der Waals surface area contributed by atoms with Gasteiger partial charge in [-0.05, 0) is 86.8 Å². The number of fused-ring (bicyclic) bond motifs is 16. The van der Waals surface area contributed by atoms with Crippen LogP contribution in [0.15, 0.2) is 180 Å². The zero-order chi connectivity index (χ0) is 35.1. The third-order valence-electron chi connectivity index (χ3n) is 12.2. The second-order valence-corrected chi connectivity index (χ2v) is 15.8. The van der Waals surface area contributed by atoms with Gasteiger partial charge < -0.3 is 14.0 Å². The van der Waals surface area contributed by atoms with E-state index in [1.165, 1.54) is 64.9 Å². The monoisotopic (exact) mass is 705 g/mol. The molecule has 250 valence electrons. The number of rotatable bonds is 1. The summed E-state index contributed by atoms with van der Waals surface area (Å²) in [5, 5.41) is 2.45. The van der Waals surface area contributed by atoms with Gasteiger partial charge in [-0.15, -0.1) is 0 Å².